The van der Waals surface area contributed by atoms with Crippen LogP contribution in [0, 0.1) is 0 Å². The zero-order chi connectivity index (χ0) is 17.6. The number of hydrogen-bond donors (Lipinski definition) is 2. The zero-order valence-corrected chi connectivity index (χ0v) is 13.7. The monoisotopic (exact) mass is 340 g/mol. The molecule has 0 spiro atoms. The van der Waals surface area contributed by atoms with Crippen molar-refractivity contribution in [1.82, 2.24) is 5.32 Å². The third kappa shape index (κ3) is 4.58. The van der Waals surface area contributed by atoms with E-state index in [-0.39, 0.29) is 12.0 Å². The highest BCUT2D eigenvalue weighted by Crippen LogP contribution is 2.22. The van der Waals surface area contributed by atoms with E-state index in [2.05, 4.69) is 5.32 Å². The van der Waals surface area contributed by atoms with Crippen LogP contribution >= 0.6 is 0 Å². The number of hydrogen-bond acceptors (Lipinski definition) is 4. The van der Waals surface area contributed by atoms with Crippen LogP contribution in [0.15, 0.2) is 48.5 Å². The van der Waals surface area contributed by atoms with Crippen LogP contribution in [0.5, 0.6) is 11.5 Å². The van der Waals surface area contributed by atoms with Crippen molar-refractivity contribution in [1.29, 1.82) is 0 Å². The highest BCUT2D eigenvalue weighted by molar-refractivity contribution is 5.94. The van der Waals surface area contributed by atoms with Crippen molar-refractivity contribution < 1.29 is 19.1 Å². The molecule has 25 heavy (non-hydrogen) atoms. The summed E-state index contributed by atoms with van der Waals surface area (Å²) in [6.07, 6.45) is 2.16. The first-order chi connectivity index (χ1) is 12.1. The predicted octanol–water partition coefficient (Wildman–Crippen LogP) is 2.49. The van der Waals surface area contributed by atoms with Gasteiger partial charge in [-0.2, -0.15) is 0 Å². The number of ether oxygens (including phenoxy) is 2. The van der Waals surface area contributed by atoms with Crippen LogP contribution in [0.3, 0.4) is 0 Å². The lowest BCUT2D eigenvalue weighted by Gasteiger charge is -2.11. The molecule has 1 fully saturated rings. The van der Waals surface area contributed by atoms with Crippen LogP contribution in [-0.2, 0) is 4.74 Å². The lowest BCUT2D eigenvalue weighted by Crippen LogP contribution is -2.31. The first-order valence-corrected chi connectivity index (χ1v) is 8.19. The van der Waals surface area contributed by atoms with Gasteiger partial charge >= 0.3 is 0 Å². The second-order valence-electron chi connectivity index (χ2n) is 5.86. The Hall–Kier alpha value is -2.86. The fourth-order valence-corrected chi connectivity index (χ4v) is 2.61. The highest BCUT2D eigenvalue weighted by atomic mass is 16.5. The minimum Gasteiger partial charge on any atom is -0.457 e. The second-order valence-corrected chi connectivity index (χ2v) is 5.86. The van der Waals surface area contributed by atoms with Crippen LogP contribution in [0.2, 0.25) is 0 Å². The molecule has 3 rings (SSSR count). The van der Waals surface area contributed by atoms with Crippen molar-refractivity contribution in [3.05, 3.63) is 59.7 Å². The Morgan fingerprint density at radius 3 is 2.16 bits per heavy atom. The molecular weight excluding hydrogens is 320 g/mol. The maximum absolute atomic E-state index is 12.1. The second kappa shape index (κ2) is 7.81. The lowest BCUT2D eigenvalue weighted by atomic mass is 10.2. The number of rotatable bonds is 6. The molecule has 3 N–H and O–H groups in total. The van der Waals surface area contributed by atoms with Crippen molar-refractivity contribution in [2.24, 2.45) is 5.73 Å². The Bertz CT molecular complexity index is 735. The molecular formula is C19H20N2O4. The molecule has 1 saturated heterocycles. The van der Waals surface area contributed by atoms with Crippen molar-refractivity contribution in [2.75, 3.05) is 13.2 Å². The summed E-state index contributed by atoms with van der Waals surface area (Å²) < 4.78 is 11.2. The minimum absolute atomic E-state index is 0.120. The van der Waals surface area contributed by atoms with E-state index in [1.807, 2.05) is 0 Å². The largest absolute Gasteiger partial charge is 0.457 e. The summed E-state index contributed by atoms with van der Waals surface area (Å²) >= 11 is 0. The summed E-state index contributed by atoms with van der Waals surface area (Å²) in [6, 6.07) is 13.4. The molecule has 0 bridgehead atoms. The van der Waals surface area contributed by atoms with E-state index in [1.54, 1.807) is 48.5 Å². The average Bonchev–Trinajstić information content (AvgIpc) is 3.14. The van der Waals surface area contributed by atoms with Gasteiger partial charge in [0.25, 0.3) is 5.91 Å². The molecule has 0 aromatic heterocycles. The van der Waals surface area contributed by atoms with Crippen LogP contribution in [0.1, 0.15) is 33.6 Å². The molecule has 6 nitrogen and oxygen atoms in total. The van der Waals surface area contributed by atoms with E-state index in [0.29, 0.717) is 29.2 Å². The SMILES string of the molecule is NC(=O)c1ccc(Oc2ccc(C(=O)NCC3CCCO3)cc2)cc1. The molecule has 1 atom stereocenters. The number of nitrogens with two attached hydrogens (primary N) is 1. The molecule has 0 saturated carbocycles. The highest BCUT2D eigenvalue weighted by Gasteiger charge is 2.16. The van der Waals surface area contributed by atoms with Gasteiger partial charge in [-0.3, -0.25) is 9.59 Å². The fourth-order valence-electron chi connectivity index (χ4n) is 2.61. The molecule has 6 heteroatoms. The Labute approximate surface area is 145 Å². The summed E-state index contributed by atoms with van der Waals surface area (Å²) in [4.78, 5) is 23.2. The van der Waals surface area contributed by atoms with E-state index >= 15 is 0 Å². The maximum Gasteiger partial charge on any atom is 0.251 e. The number of amides is 2. The number of carbonyl (C=O) groups is 2. The van der Waals surface area contributed by atoms with Crippen LogP contribution in [0.25, 0.3) is 0 Å². The molecule has 2 aromatic rings. The molecule has 1 unspecified atom stereocenters. The van der Waals surface area contributed by atoms with Gasteiger partial charge in [-0.15, -0.1) is 0 Å². The first-order valence-electron chi connectivity index (χ1n) is 8.19. The molecule has 2 amide bonds. The van der Waals surface area contributed by atoms with Gasteiger partial charge in [0.15, 0.2) is 0 Å². The summed E-state index contributed by atoms with van der Waals surface area (Å²) in [6.45, 7) is 1.30. The predicted molar refractivity (Wildman–Crippen MR) is 92.8 cm³/mol. The minimum atomic E-state index is -0.482. The molecule has 1 heterocycles. The molecule has 0 aliphatic carbocycles. The van der Waals surface area contributed by atoms with Gasteiger partial charge in [-0.1, -0.05) is 0 Å². The van der Waals surface area contributed by atoms with E-state index in [4.69, 9.17) is 15.2 Å². The molecule has 1 aliphatic rings. The Morgan fingerprint density at radius 2 is 1.64 bits per heavy atom. The summed E-state index contributed by atoms with van der Waals surface area (Å²) in [5.74, 6) is 0.570. The van der Waals surface area contributed by atoms with Crippen LogP contribution in [0.4, 0.5) is 0 Å². The van der Waals surface area contributed by atoms with Crippen molar-refractivity contribution in [3.63, 3.8) is 0 Å². The van der Waals surface area contributed by atoms with E-state index in [0.717, 1.165) is 19.4 Å². The van der Waals surface area contributed by atoms with Crippen molar-refractivity contribution in [3.8, 4) is 11.5 Å². The quantitative estimate of drug-likeness (QED) is 0.845. The van der Waals surface area contributed by atoms with Gasteiger partial charge in [0.1, 0.15) is 11.5 Å². The fraction of sp³-hybridized carbons (Fsp3) is 0.263. The number of carbonyl (C=O) groups excluding carboxylic acids is 2. The van der Waals surface area contributed by atoms with Crippen LogP contribution in [-0.4, -0.2) is 31.1 Å². The Balaban J connectivity index is 1.55. The van der Waals surface area contributed by atoms with Gasteiger partial charge in [0.2, 0.25) is 5.91 Å². The summed E-state index contributed by atoms with van der Waals surface area (Å²) in [7, 11) is 0. The normalized spacial score (nSPS) is 16.4. The van der Waals surface area contributed by atoms with Gasteiger partial charge in [-0.25, -0.2) is 0 Å². The number of primary amides is 1. The van der Waals surface area contributed by atoms with Crippen LogP contribution < -0.4 is 15.8 Å². The lowest BCUT2D eigenvalue weighted by molar-refractivity contribution is 0.0857. The molecule has 0 radical (unpaired) electrons. The first kappa shape index (κ1) is 17.0. The van der Waals surface area contributed by atoms with Crippen molar-refractivity contribution >= 4 is 11.8 Å². The zero-order valence-electron chi connectivity index (χ0n) is 13.7. The Morgan fingerprint density at radius 1 is 1.04 bits per heavy atom. The third-order valence-electron chi connectivity index (χ3n) is 4.01. The summed E-state index contributed by atoms with van der Waals surface area (Å²) in [5, 5.41) is 2.88. The molecule has 130 valence electrons. The smallest absolute Gasteiger partial charge is 0.251 e. The van der Waals surface area contributed by atoms with Gasteiger partial charge in [-0.05, 0) is 61.4 Å². The summed E-state index contributed by atoms with van der Waals surface area (Å²) in [5.41, 5.74) is 6.19. The van der Waals surface area contributed by atoms with Gasteiger partial charge in [0, 0.05) is 24.3 Å². The van der Waals surface area contributed by atoms with E-state index in [9.17, 15) is 9.59 Å². The molecule has 1 aliphatic heterocycles. The van der Waals surface area contributed by atoms with Crippen molar-refractivity contribution in [2.45, 2.75) is 18.9 Å². The Kier molecular flexibility index (Phi) is 5.30. The van der Waals surface area contributed by atoms with E-state index < -0.39 is 5.91 Å². The topological polar surface area (TPSA) is 90.7 Å². The van der Waals surface area contributed by atoms with Gasteiger partial charge in [0.05, 0.1) is 6.10 Å². The van der Waals surface area contributed by atoms with E-state index in [1.165, 1.54) is 0 Å². The third-order valence-corrected chi connectivity index (χ3v) is 4.01. The van der Waals surface area contributed by atoms with Gasteiger partial charge < -0.3 is 20.5 Å². The maximum atomic E-state index is 12.1. The number of benzene rings is 2. The number of nitrogens with one attached hydrogen (secondary N) is 1. The average molecular weight is 340 g/mol. The standard InChI is InChI=1S/C19H20N2O4/c20-18(22)13-3-7-15(8-4-13)25-16-9-5-14(6-10-16)19(23)21-12-17-2-1-11-24-17/h3-10,17H,1-2,11-12H2,(H2,20,22)(H,21,23). The molecule has 2 aromatic carbocycles.